The second-order valence-electron chi connectivity index (χ2n) is 8.78. The van der Waals surface area contributed by atoms with E-state index in [9.17, 15) is 9.90 Å². The fourth-order valence-corrected chi connectivity index (χ4v) is 6.50. The molecule has 0 radical (unpaired) electrons. The summed E-state index contributed by atoms with van der Waals surface area (Å²) in [7, 11) is -0.106. The smallest absolute Gasteiger partial charge is 0.335 e. The number of hydrogen-bond donors (Lipinski definition) is 1. The highest BCUT2D eigenvalue weighted by atomic mass is 32.2. The average Bonchev–Trinajstić information content (AvgIpc) is 2.99. The summed E-state index contributed by atoms with van der Waals surface area (Å²) in [5.74, 6) is -1.62. The van der Waals surface area contributed by atoms with E-state index in [1.165, 1.54) is 60.9 Å². The van der Waals surface area contributed by atoms with E-state index >= 15 is 0 Å². The first-order valence-electron chi connectivity index (χ1n) is 12.5. The number of aromatic carboxylic acids is 1. The minimum atomic E-state index is -1.18. The van der Waals surface area contributed by atoms with Crippen LogP contribution in [0.1, 0.15) is 10.4 Å². The van der Waals surface area contributed by atoms with E-state index in [0.29, 0.717) is 0 Å². The summed E-state index contributed by atoms with van der Waals surface area (Å²) >= 11 is 0. The van der Waals surface area contributed by atoms with Crippen molar-refractivity contribution in [3.8, 4) is 16.9 Å². The maximum atomic E-state index is 10.7. The Kier molecular flexibility index (Phi) is 8.06. The lowest BCUT2D eigenvalue weighted by molar-refractivity contribution is -0.268. The van der Waals surface area contributed by atoms with Gasteiger partial charge in [-0.25, -0.2) is 4.79 Å². The molecule has 6 aromatic carbocycles. The molecule has 3 nitrogen and oxygen atoms in total. The quantitative estimate of drug-likeness (QED) is 0.231. The summed E-state index contributed by atoms with van der Waals surface area (Å²) in [6.07, 6.45) is 0. The Morgan fingerprint density at radius 1 is 0.538 bits per heavy atom. The zero-order valence-corrected chi connectivity index (χ0v) is 21.9. The average molecular weight is 527 g/mol. The van der Waals surface area contributed by atoms with Crippen LogP contribution in [0.4, 0.5) is 0 Å². The topological polar surface area (TPSA) is 60.4 Å². The standard InChI is InChI=1S/C28H21S.C7H6O3/c1-3-12-24(13-4-1)29(25-14-5-2-6-15-25)26-20-18-23(19-21-26)28-17-9-11-22-10-7-8-16-27(22)28;8-6-4-2-1-3-5(6)7(9)10/h1-21H;1-4,8H,(H,9,10)/q+1;/p-1. The van der Waals surface area contributed by atoms with Gasteiger partial charge < -0.3 is 10.2 Å². The van der Waals surface area contributed by atoms with Crippen LogP contribution in [0.15, 0.2) is 166 Å². The Labute approximate surface area is 231 Å². The van der Waals surface area contributed by atoms with Gasteiger partial charge in [-0.2, -0.15) is 0 Å². The molecule has 39 heavy (non-hydrogen) atoms. The molecule has 0 unspecified atom stereocenters. The molecular weight excluding hydrogens is 500 g/mol. The minimum Gasteiger partial charge on any atom is -0.872 e. The molecule has 0 aromatic heterocycles. The van der Waals surface area contributed by atoms with Gasteiger partial charge in [0.25, 0.3) is 0 Å². The number of fused-ring (bicyclic) bond motifs is 1. The molecule has 0 aliphatic heterocycles. The first-order chi connectivity index (χ1) is 19.1. The maximum Gasteiger partial charge on any atom is 0.335 e. The molecule has 0 aliphatic carbocycles. The minimum absolute atomic E-state index is 0.106. The zero-order chi connectivity index (χ0) is 27.0. The molecule has 4 heteroatoms. The van der Waals surface area contributed by atoms with Crippen LogP contribution < -0.4 is 5.11 Å². The third-order valence-electron chi connectivity index (χ3n) is 6.27. The SMILES string of the molecule is O=C(O)c1ccccc1[O-].c1ccc([S+](c2ccccc2)c2ccc(-c3cccc4ccccc34)cc2)cc1. The Bertz CT molecular complexity index is 1640. The summed E-state index contributed by atoms with van der Waals surface area (Å²) in [5.41, 5.74) is 2.37. The van der Waals surface area contributed by atoms with Crippen LogP contribution in [-0.2, 0) is 10.9 Å². The predicted octanol–water partition coefficient (Wildman–Crippen LogP) is 8.06. The van der Waals surface area contributed by atoms with Crippen molar-refractivity contribution in [2.75, 3.05) is 0 Å². The van der Waals surface area contributed by atoms with Crippen LogP contribution in [0.3, 0.4) is 0 Å². The Morgan fingerprint density at radius 3 is 1.64 bits per heavy atom. The number of rotatable bonds is 5. The molecule has 1 N–H and O–H groups in total. The summed E-state index contributed by atoms with van der Waals surface area (Å²) in [4.78, 5) is 14.2. The fraction of sp³-hybridized carbons (Fsp3) is 0. The molecular formula is C35H26O3S. The molecule has 0 heterocycles. The number of carboxylic acid groups (broad SMARTS) is 1. The van der Waals surface area contributed by atoms with Gasteiger partial charge in [0.1, 0.15) is 0 Å². The van der Waals surface area contributed by atoms with Crippen molar-refractivity contribution < 1.29 is 15.0 Å². The highest BCUT2D eigenvalue weighted by Crippen LogP contribution is 2.34. The summed E-state index contributed by atoms with van der Waals surface area (Å²) in [5, 5.41) is 21.6. The lowest BCUT2D eigenvalue weighted by atomic mass is 9.98. The van der Waals surface area contributed by atoms with Crippen molar-refractivity contribution in [1.29, 1.82) is 0 Å². The maximum absolute atomic E-state index is 10.7. The summed E-state index contributed by atoms with van der Waals surface area (Å²) in [6, 6.07) is 51.4. The Balaban J connectivity index is 0.000000261. The zero-order valence-electron chi connectivity index (χ0n) is 21.1. The van der Waals surface area contributed by atoms with Crippen molar-refractivity contribution in [3.05, 3.63) is 157 Å². The van der Waals surface area contributed by atoms with Crippen molar-refractivity contribution in [1.82, 2.24) is 0 Å². The van der Waals surface area contributed by atoms with Crippen molar-refractivity contribution >= 4 is 27.6 Å². The van der Waals surface area contributed by atoms with Gasteiger partial charge in [-0.15, -0.1) is 0 Å². The summed E-state index contributed by atoms with van der Waals surface area (Å²) in [6.45, 7) is 0. The van der Waals surface area contributed by atoms with Gasteiger partial charge in [0.05, 0.1) is 16.5 Å². The van der Waals surface area contributed by atoms with Gasteiger partial charge in [0.15, 0.2) is 14.7 Å². The van der Waals surface area contributed by atoms with Crippen LogP contribution in [0.2, 0.25) is 0 Å². The Hall–Kier alpha value is -4.80. The number of para-hydroxylation sites is 1. The molecule has 0 aliphatic rings. The molecule has 190 valence electrons. The van der Waals surface area contributed by atoms with Crippen LogP contribution >= 0.6 is 0 Å². The van der Waals surface area contributed by atoms with E-state index in [4.69, 9.17) is 5.11 Å². The van der Waals surface area contributed by atoms with Crippen molar-refractivity contribution in [2.24, 2.45) is 0 Å². The molecule has 0 saturated carbocycles. The van der Waals surface area contributed by atoms with E-state index in [0.717, 1.165) is 0 Å². The van der Waals surface area contributed by atoms with Gasteiger partial charge in [0, 0.05) is 0 Å². The highest BCUT2D eigenvalue weighted by molar-refractivity contribution is 7.97. The second-order valence-corrected chi connectivity index (χ2v) is 10.8. The van der Waals surface area contributed by atoms with Crippen molar-refractivity contribution in [3.63, 3.8) is 0 Å². The first-order valence-corrected chi connectivity index (χ1v) is 13.8. The molecule has 6 aromatic rings. The molecule has 0 atom stereocenters. The third-order valence-corrected chi connectivity index (χ3v) is 8.50. The number of benzene rings is 6. The number of carbonyl (C=O) groups is 1. The molecule has 6 rings (SSSR count). The first kappa shape index (κ1) is 25.8. The Morgan fingerprint density at radius 2 is 1.05 bits per heavy atom. The van der Waals surface area contributed by atoms with Crippen LogP contribution in [0.5, 0.6) is 5.75 Å². The van der Waals surface area contributed by atoms with Gasteiger partial charge >= 0.3 is 5.97 Å². The molecule has 0 bridgehead atoms. The van der Waals surface area contributed by atoms with Gasteiger partial charge in [-0.1, -0.05) is 103 Å². The van der Waals surface area contributed by atoms with Gasteiger partial charge in [0.2, 0.25) is 0 Å². The third kappa shape index (κ3) is 6.03. The van der Waals surface area contributed by atoms with E-state index in [-0.39, 0.29) is 16.5 Å². The fourth-order valence-electron chi connectivity index (χ4n) is 4.41. The van der Waals surface area contributed by atoms with E-state index in [1.807, 2.05) is 0 Å². The highest BCUT2D eigenvalue weighted by Gasteiger charge is 2.28. The normalized spacial score (nSPS) is 10.6. The monoisotopic (exact) mass is 526 g/mol. The van der Waals surface area contributed by atoms with Crippen LogP contribution in [0.25, 0.3) is 21.9 Å². The number of hydrogen-bond acceptors (Lipinski definition) is 2. The van der Waals surface area contributed by atoms with E-state index in [1.54, 1.807) is 0 Å². The van der Waals surface area contributed by atoms with Gasteiger partial charge in [-0.05, 0) is 76.5 Å². The lowest BCUT2D eigenvalue weighted by Crippen LogP contribution is -2.04. The largest absolute Gasteiger partial charge is 0.872 e. The predicted molar refractivity (Wildman–Crippen MR) is 157 cm³/mol. The molecule has 0 saturated heterocycles. The summed E-state index contributed by atoms with van der Waals surface area (Å²) < 4.78 is 0. The van der Waals surface area contributed by atoms with Crippen LogP contribution in [0, 0.1) is 0 Å². The van der Waals surface area contributed by atoms with Crippen molar-refractivity contribution in [2.45, 2.75) is 14.7 Å². The van der Waals surface area contributed by atoms with E-state index in [2.05, 4.69) is 127 Å². The molecule has 0 spiro atoms. The van der Waals surface area contributed by atoms with Crippen LogP contribution in [-0.4, -0.2) is 11.1 Å². The molecule has 0 fully saturated rings. The van der Waals surface area contributed by atoms with E-state index < -0.39 is 11.7 Å². The molecule has 0 amide bonds. The lowest BCUT2D eigenvalue weighted by Gasteiger charge is -2.10. The second kappa shape index (κ2) is 12.2. The number of carboxylic acids is 1. The van der Waals surface area contributed by atoms with Gasteiger partial charge in [-0.3, -0.25) is 0 Å².